The summed E-state index contributed by atoms with van der Waals surface area (Å²) >= 11 is 0. The van der Waals surface area contributed by atoms with Gasteiger partial charge in [-0.25, -0.2) is 0 Å². The molecule has 0 saturated carbocycles. The zero-order chi connectivity index (χ0) is 13.7. The highest BCUT2D eigenvalue weighted by Gasteiger charge is 2.14. The second-order valence-electron chi connectivity index (χ2n) is 5.74. The van der Waals surface area contributed by atoms with Gasteiger partial charge in [0.2, 0.25) is 0 Å². The Balaban J connectivity index is 2.04. The second-order valence-corrected chi connectivity index (χ2v) is 5.74. The third-order valence-corrected chi connectivity index (χ3v) is 4.33. The van der Waals surface area contributed by atoms with Crippen LogP contribution in [0.5, 0.6) is 0 Å². The standard InChI is InChI=1S/C17H27NO/c1-3-17(10-11-19)18-13(2)15-9-8-14-6-4-5-7-16(14)12-15/h8-9,12-13,17-19H,3-7,10-11H2,1-2H3. The Kier molecular flexibility index (Phi) is 5.41. The van der Waals surface area contributed by atoms with Gasteiger partial charge in [0.05, 0.1) is 0 Å². The highest BCUT2D eigenvalue weighted by atomic mass is 16.3. The van der Waals surface area contributed by atoms with Gasteiger partial charge in [0.15, 0.2) is 0 Å². The van der Waals surface area contributed by atoms with Gasteiger partial charge < -0.3 is 10.4 Å². The zero-order valence-corrected chi connectivity index (χ0v) is 12.3. The Morgan fingerprint density at radius 2 is 1.95 bits per heavy atom. The van der Waals surface area contributed by atoms with Crippen molar-refractivity contribution in [3.8, 4) is 0 Å². The van der Waals surface area contributed by atoms with Crippen LogP contribution in [0.2, 0.25) is 0 Å². The number of hydrogen-bond donors (Lipinski definition) is 2. The molecule has 1 aliphatic carbocycles. The van der Waals surface area contributed by atoms with Crippen LogP contribution in [0, 0.1) is 0 Å². The smallest absolute Gasteiger partial charge is 0.0445 e. The maximum Gasteiger partial charge on any atom is 0.0445 e. The summed E-state index contributed by atoms with van der Waals surface area (Å²) in [5, 5.41) is 12.7. The molecule has 0 spiro atoms. The average molecular weight is 261 g/mol. The molecule has 0 heterocycles. The fourth-order valence-corrected chi connectivity index (χ4v) is 3.03. The maximum atomic E-state index is 9.07. The topological polar surface area (TPSA) is 32.3 Å². The first-order valence-corrected chi connectivity index (χ1v) is 7.73. The van der Waals surface area contributed by atoms with E-state index in [4.69, 9.17) is 5.11 Å². The molecule has 0 amide bonds. The van der Waals surface area contributed by atoms with Crippen molar-refractivity contribution in [2.24, 2.45) is 0 Å². The Bertz CT molecular complexity index is 402. The van der Waals surface area contributed by atoms with Crippen LogP contribution in [0.25, 0.3) is 0 Å². The van der Waals surface area contributed by atoms with Crippen molar-refractivity contribution < 1.29 is 5.11 Å². The minimum absolute atomic E-state index is 0.266. The molecule has 0 fully saturated rings. The van der Waals surface area contributed by atoms with E-state index in [2.05, 4.69) is 37.4 Å². The van der Waals surface area contributed by atoms with Crippen molar-refractivity contribution in [3.63, 3.8) is 0 Å². The Morgan fingerprint density at radius 3 is 2.63 bits per heavy atom. The summed E-state index contributed by atoms with van der Waals surface area (Å²) in [6.07, 6.45) is 7.07. The molecule has 0 bridgehead atoms. The average Bonchev–Trinajstić information content (AvgIpc) is 2.46. The largest absolute Gasteiger partial charge is 0.396 e. The molecular weight excluding hydrogens is 234 g/mol. The Morgan fingerprint density at radius 1 is 1.21 bits per heavy atom. The molecule has 2 rings (SSSR count). The van der Waals surface area contributed by atoms with E-state index in [9.17, 15) is 0 Å². The first-order valence-electron chi connectivity index (χ1n) is 7.73. The van der Waals surface area contributed by atoms with E-state index >= 15 is 0 Å². The lowest BCUT2D eigenvalue weighted by molar-refractivity contribution is 0.257. The number of benzene rings is 1. The van der Waals surface area contributed by atoms with Gasteiger partial charge >= 0.3 is 0 Å². The number of fused-ring (bicyclic) bond motifs is 1. The summed E-state index contributed by atoms with van der Waals surface area (Å²) in [7, 11) is 0. The quantitative estimate of drug-likeness (QED) is 0.823. The monoisotopic (exact) mass is 261 g/mol. The van der Waals surface area contributed by atoms with Crippen molar-refractivity contribution in [1.29, 1.82) is 0 Å². The van der Waals surface area contributed by atoms with Gasteiger partial charge in [0.25, 0.3) is 0 Å². The van der Waals surface area contributed by atoms with Crippen LogP contribution in [-0.4, -0.2) is 17.8 Å². The number of hydrogen-bond acceptors (Lipinski definition) is 2. The van der Waals surface area contributed by atoms with Gasteiger partial charge in [-0.2, -0.15) is 0 Å². The minimum Gasteiger partial charge on any atom is -0.396 e. The molecule has 1 aromatic rings. The van der Waals surface area contributed by atoms with Crippen molar-refractivity contribution in [2.75, 3.05) is 6.61 Å². The van der Waals surface area contributed by atoms with E-state index in [0.29, 0.717) is 12.1 Å². The molecule has 2 heteroatoms. The highest BCUT2D eigenvalue weighted by Crippen LogP contribution is 2.25. The molecular formula is C17H27NO. The van der Waals surface area contributed by atoms with E-state index in [1.807, 2.05) is 0 Å². The molecule has 2 atom stereocenters. The summed E-state index contributed by atoms with van der Waals surface area (Å²) in [5.41, 5.74) is 4.48. The van der Waals surface area contributed by atoms with E-state index in [0.717, 1.165) is 12.8 Å². The van der Waals surface area contributed by atoms with E-state index in [-0.39, 0.29) is 6.61 Å². The summed E-state index contributed by atoms with van der Waals surface area (Å²) in [4.78, 5) is 0. The van der Waals surface area contributed by atoms with Gasteiger partial charge in [-0.3, -0.25) is 0 Å². The first kappa shape index (κ1) is 14.5. The van der Waals surface area contributed by atoms with Crippen LogP contribution in [0.4, 0.5) is 0 Å². The Hall–Kier alpha value is -0.860. The van der Waals surface area contributed by atoms with Crippen LogP contribution >= 0.6 is 0 Å². The lowest BCUT2D eigenvalue weighted by Crippen LogP contribution is -2.31. The summed E-state index contributed by atoms with van der Waals surface area (Å²) in [5.74, 6) is 0. The second kappa shape index (κ2) is 7.06. The molecule has 19 heavy (non-hydrogen) atoms. The number of aliphatic hydroxyl groups excluding tert-OH is 1. The normalized spacial score (nSPS) is 17.8. The highest BCUT2D eigenvalue weighted by molar-refractivity contribution is 5.35. The van der Waals surface area contributed by atoms with Crippen LogP contribution in [0.3, 0.4) is 0 Å². The molecule has 2 N–H and O–H groups in total. The zero-order valence-electron chi connectivity index (χ0n) is 12.3. The molecule has 106 valence electrons. The van der Waals surface area contributed by atoms with Crippen LogP contribution in [0.1, 0.15) is 62.3 Å². The third-order valence-electron chi connectivity index (χ3n) is 4.33. The van der Waals surface area contributed by atoms with Crippen molar-refractivity contribution in [2.45, 2.75) is 64.5 Å². The minimum atomic E-state index is 0.266. The Labute approximate surface area is 117 Å². The summed E-state index contributed by atoms with van der Waals surface area (Å²) < 4.78 is 0. The maximum absolute atomic E-state index is 9.07. The van der Waals surface area contributed by atoms with Gasteiger partial charge in [-0.1, -0.05) is 25.1 Å². The van der Waals surface area contributed by atoms with Gasteiger partial charge in [-0.15, -0.1) is 0 Å². The fraction of sp³-hybridized carbons (Fsp3) is 0.647. The molecule has 0 saturated heterocycles. The number of aliphatic hydroxyl groups is 1. The van der Waals surface area contributed by atoms with Gasteiger partial charge in [0, 0.05) is 18.7 Å². The molecule has 2 unspecified atom stereocenters. The van der Waals surface area contributed by atoms with Crippen molar-refractivity contribution >= 4 is 0 Å². The fourth-order valence-electron chi connectivity index (χ4n) is 3.03. The third kappa shape index (κ3) is 3.80. The molecule has 2 nitrogen and oxygen atoms in total. The molecule has 0 aliphatic heterocycles. The van der Waals surface area contributed by atoms with Gasteiger partial charge in [0.1, 0.15) is 0 Å². The van der Waals surface area contributed by atoms with Crippen molar-refractivity contribution in [3.05, 3.63) is 34.9 Å². The first-order chi connectivity index (χ1) is 9.24. The molecule has 0 aromatic heterocycles. The lowest BCUT2D eigenvalue weighted by Gasteiger charge is -2.24. The van der Waals surface area contributed by atoms with Gasteiger partial charge in [-0.05, 0) is 62.1 Å². The van der Waals surface area contributed by atoms with E-state index in [1.54, 1.807) is 11.1 Å². The van der Waals surface area contributed by atoms with Crippen molar-refractivity contribution in [1.82, 2.24) is 5.32 Å². The molecule has 0 radical (unpaired) electrons. The van der Waals surface area contributed by atoms with Crippen LogP contribution in [-0.2, 0) is 12.8 Å². The predicted octanol–water partition coefficient (Wildman–Crippen LogP) is 3.38. The number of nitrogens with one attached hydrogen (secondary N) is 1. The van der Waals surface area contributed by atoms with Crippen LogP contribution < -0.4 is 5.32 Å². The summed E-state index contributed by atoms with van der Waals surface area (Å²) in [6, 6.07) is 7.75. The summed E-state index contributed by atoms with van der Waals surface area (Å²) in [6.45, 7) is 4.67. The lowest BCUT2D eigenvalue weighted by atomic mass is 9.89. The molecule has 1 aromatic carbocycles. The SMILES string of the molecule is CCC(CCO)NC(C)c1ccc2c(c1)CCCC2. The van der Waals surface area contributed by atoms with E-state index in [1.165, 1.54) is 31.2 Å². The number of aryl methyl sites for hydroxylation is 2. The predicted molar refractivity (Wildman–Crippen MR) is 80.4 cm³/mol. The van der Waals surface area contributed by atoms with Crippen LogP contribution in [0.15, 0.2) is 18.2 Å². The molecule has 1 aliphatic rings. The number of rotatable bonds is 6. The van der Waals surface area contributed by atoms with E-state index < -0.39 is 0 Å².